The van der Waals surface area contributed by atoms with Crippen LogP contribution in [0.2, 0.25) is 0 Å². The number of hydrogen-bond acceptors (Lipinski definition) is 2. The zero-order valence-corrected chi connectivity index (χ0v) is 18.0. The van der Waals surface area contributed by atoms with Gasteiger partial charge in [0, 0.05) is 6.07 Å². The highest BCUT2D eigenvalue weighted by atomic mass is 19.2. The molecule has 0 amide bonds. The lowest BCUT2D eigenvalue weighted by Gasteiger charge is -2.45. The zero-order valence-electron chi connectivity index (χ0n) is 18.0. The molecule has 164 valence electrons. The summed E-state index contributed by atoms with van der Waals surface area (Å²) in [5.74, 6) is 1.24. The van der Waals surface area contributed by atoms with Crippen molar-refractivity contribution in [1.29, 1.82) is 0 Å². The van der Waals surface area contributed by atoms with E-state index in [-0.39, 0.29) is 17.6 Å². The highest BCUT2D eigenvalue weighted by Crippen LogP contribution is 2.50. The normalized spacial score (nSPS) is 34.5. The van der Waals surface area contributed by atoms with E-state index in [0.717, 1.165) is 49.1 Å². The Morgan fingerprint density at radius 3 is 2.43 bits per heavy atom. The van der Waals surface area contributed by atoms with Crippen LogP contribution in [-0.4, -0.2) is 5.97 Å². The first-order valence-electron chi connectivity index (χ1n) is 11.8. The van der Waals surface area contributed by atoms with Gasteiger partial charge in [0.15, 0.2) is 11.6 Å². The maximum Gasteiger partial charge on any atom is 0.314 e. The Kier molecular flexibility index (Phi) is 6.90. The van der Waals surface area contributed by atoms with Crippen LogP contribution in [0.1, 0.15) is 71.1 Å². The summed E-state index contributed by atoms with van der Waals surface area (Å²) in [6, 6.07) is 3.31. The molecule has 3 aliphatic rings. The fourth-order valence-electron chi connectivity index (χ4n) is 6.53. The van der Waals surface area contributed by atoms with E-state index >= 15 is 0 Å². The van der Waals surface area contributed by atoms with Crippen LogP contribution in [0.25, 0.3) is 0 Å². The van der Waals surface area contributed by atoms with E-state index in [1.807, 2.05) is 0 Å². The van der Waals surface area contributed by atoms with Gasteiger partial charge in [0.25, 0.3) is 0 Å². The lowest BCUT2D eigenvalue weighted by Crippen LogP contribution is -2.40. The van der Waals surface area contributed by atoms with E-state index in [2.05, 4.69) is 19.1 Å². The number of fused-ring (bicyclic) bond motifs is 1. The van der Waals surface area contributed by atoms with Crippen molar-refractivity contribution >= 4 is 5.97 Å². The minimum absolute atomic E-state index is 0.104. The predicted molar refractivity (Wildman–Crippen MR) is 114 cm³/mol. The monoisotopic (exact) mass is 416 g/mol. The molecule has 2 nitrogen and oxygen atoms in total. The second kappa shape index (κ2) is 9.62. The SMILES string of the molecule is C/C=C/C1CCC(C2CCC3C(CCCC3C(=O)Oc3ccc(F)c(F)c3)C2)CC1. The molecule has 0 radical (unpaired) electrons. The van der Waals surface area contributed by atoms with Crippen LogP contribution >= 0.6 is 0 Å². The summed E-state index contributed by atoms with van der Waals surface area (Å²) < 4.78 is 32.1. The molecular weight excluding hydrogens is 382 g/mol. The fraction of sp³-hybridized carbons (Fsp3) is 0.654. The van der Waals surface area contributed by atoms with Crippen LogP contribution in [0.4, 0.5) is 8.78 Å². The van der Waals surface area contributed by atoms with Crippen molar-refractivity contribution in [1.82, 2.24) is 0 Å². The molecule has 0 spiro atoms. The molecule has 0 bridgehead atoms. The smallest absolute Gasteiger partial charge is 0.314 e. The topological polar surface area (TPSA) is 26.3 Å². The van der Waals surface area contributed by atoms with E-state index in [0.29, 0.717) is 11.8 Å². The van der Waals surface area contributed by atoms with Crippen LogP contribution in [0.5, 0.6) is 5.75 Å². The Labute approximate surface area is 179 Å². The standard InChI is InChI=1S/C26H34F2O2/c1-2-4-17-7-9-18(10-8-17)19-11-13-22-20(15-19)5-3-6-23(22)26(29)30-21-12-14-24(27)25(28)16-21/h2,4,12,14,16-20,22-23H,3,5-11,13,15H2,1H3/b4-2+. The molecule has 3 saturated carbocycles. The molecule has 0 N–H and O–H groups in total. The van der Waals surface area contributed by atoms with Gasteiger partial charge in [-0.2, -0.15) is 0 Å². The Morgan fingerprint density at radius 2 is 1.70 bits per heavy atom. The average Bonchev–Trinajstić information content (AvgIpc) is 2.76. The number of carbonyl (C=O) groups is 1. The molecule has 4 heteroatoms. The molecular formula is C26H34F2O2. The van der Waals surface area contributed by atoms with E-state index in [9.17, 15) is 13.6 Å². The lowest BCUT2D eigenvalue weighted by molar-refractivity contribution is -0.144. The molecule has 0 saturated heterocycles. The van der Waals surface area contributed by atoms with E-state index < -0.39 is 11.6 Å². The van der Waals surface area contributed by atoms with Gasteiger partial charge in [0.05, 0.1) is 5.92 Å². The minimum atomic E-state index is -0.980. The molecule has 4 rings (SSSR count). The molecule has 0 heterocycles. The highest BCUT2D eigenvalue weighted by Gasteiger charge is 2.43. The summed E-state index contributed by atoms with van der Waals surface area (Å²) in [7, 11) is 0. The summed E-state index contributed by atoms with van der Waals surface area (Å²) >= 11 is 0. The van der Waals surface area contributed by atoms with Gasteiger partial charge >= 0.3 is 5.97 Å². The largest absolute Gasteiger partial charge is 0.426 e. The fourth-order valence-corrected chi connectivity index (χ4v) is 6.53. The maximum absolute atomic E-state index is 13.5. The van der Waals surface area contributed by atoms with Crippen LogP contribution in [0.15, 0.2) is 30.4 Å². The Hall–Kier alpha value is -1.71. The third-order valence-electron chi connectivity index (χ3n) is 8.05. The maximum atomic E-state index is 13.5. The summed E-state index contributed by atoms with van der Waals surface area (Å²) in [6.45, 7) is 2.12. The number of ether oxygens (including phenoxy) is 1. The third kappa shape index (κ3) is 4.78. The van der Waals surface area contributed by atoms with Gasteiger partial charge in [0.2, 0.25) is 0 Å². The number of benzene rings is 1. The first-order chi connectivity index (χ1) is 14.5. The van der Waals surface area contributed by atoms with Crippen molar-refractivity contribution in [3.8, 4) is 5.75 Å². The second-order valence-corrected chi connectivity index (χ2v) is 9.73. The first kappa shape index (κ1) is 21.5. The number of halogens is 2. The molecule has 1 aromatic rings. The number of esters is 1. The summed E-state index contributed by atoms with van der Waals surface area (Å²) in [5, 5.41) is 0. The molecule has 0 aromatic heterocycles. The number of carbonyl (C=O) groups excluding carboxylic acids is 1. The number of allylic oxidation sites excluding steroid dienone is 2. The molecule has 4 atom stereocenters. The van der Waals surface area contributed by atoms with Crippen molar-refractivity contribution in [3.05, 3.63) is 42.0 Å². The van der Waals surface area contributed by atoms with Crippen molar-refractivity contribution in [2.24, 2.45) is 35.5 Å². The Bertz CT molecular complexity index is 766. The molecule has 0 aliphatic heterocycles. The van der Waals surface area contributed by atoms with Gasteiger partial charge in [-0.1, -0.05) is 25.0 Å². The Balaban J connectivity index is 1.34. The van der Waals surface area contributed by atoms with Gasteiger partial charge in [-0.3, -0.25) is 4.79 Å². The van der Waals surface area contributed by atoms with Crippen LogP contribution in [0, 0.1) is 47.1 Å². The lowest BCUT2D eigenvalue weighted by atomic mass is 9.59. The van der Waals surface area contributed by atoms with Gasteiger partial charge in [-0.15, -0.1) is 0 Å². The summed E-state index contributed by atoms with van der Waals surface area (Å²) in [5.41, 5.74) is 0. The van der Waals surface area contributed by atoms with Crippen LogP contribution in [0.3, 0.4) is 0 Å². The van der Waals surface area contributed by atoms with Crippen molar-refractivity contribution in [3.63, 3.8) is 0 Å². The van der Waals surface area contributed by atoms with Crippen molar-refractivity contribution in [2.75, 3.05) is 0 Å². The minimum Gasteiger partial charge on any atom is -0.426 e. The second-order valence-electron chi connectivity index (χ2n) is 9.73. The Morgan fingerprint density at radius 1 is 0.933 bits per heavy atom. The molecule has 1 aromatic carbocycles. The van der Waals surface area contributed by atoms with Crippen molar-refractivity contribution in [2.45, 2.75) is 71.1 Å². The van der Waals surface area contributed by atoms with Crippen LogP contribution in [-0.2, 0) is 4.79 Å². The van der Waals surface area contributed by atoms with Crippen molar-refractivity contribution < 1.29 is 18.3 Å². The van der Waals surface area contributed by atoms with Gasteiger partial charge in [-0.25, -0.2) is 8.78 Å². The third-order valence-corrected chi connectivity index (χ3v) is 8.05. The first-order valence-corrected chi connectivity index (χ1v) is 11.8. The van der Waals surface area contributed by atoms with E-state index in [1.54, 1.807) is 0 Å². The highest BCUT2D eigenvalue weighted by molar-refractivity contribution is 5.75. The molecule has 30 heavy (non-hydrogen) atoms. The summed E-state index contributed by atoms with van der Waals surface area (Å²) in [6.07, 6.45) is 16.6. The predicted octanol–water partition coefficient (Wildman–Crippen LogP) is 7.09. The van der Waals surface area contributed by atoms with Crippen LogP contribution < -0.4 is 4.74 Å². The van der Waals surface area contributed by atoms with Gasteiger partial charge in [0.1, 0.15) is 5.75 Å². The number of hydrogen-bond donors (Lipinski definition) is 0. The molecule has 4 unspecified atom stereocenters. The average molecular weight is 417 g/mol. The van der Waals surface area contributed by atoms with E-state index in [4.69, 9.17) is 4.74 Å². The molecule has 3 fully saturated rings. The van der Waals surface area contributed by atoms with Gasteiger partial charge in [-0.05, 0) is 100 Å². The zero-order chi connectivity index (χ0) is 21.1. The quantitative estimate of drug-likeness (QED) is 0.298. The molecule has 3 aliphatic carbocycles. The number of rotatable bonds is 4. The van der Waals surface area contributed by atoms with Gasteiger partial charge < -0.3 is 4.74 Å². The summed E-state index contributed by atoms with van der Waals surface area (Å²) in [4.78, 5) is 12.9. The van der Waals surface area contributed by atoms with E-state index in [1.165, 1.54) is 51.0 Å².